The number of ether oxygens (including phenoxy) is 1. The second-order valence-electron chi connectivity index (χ2n) is 6.25. The first-order valence-corrected chi connectivity index (χ1v) is 9.24. The Balaban J connectivity index is 1.65. The number of rotatable bonds is 5. The van der Waals surface area contributed by atoms with Gasteiger partial charge in [-0.05, 0) is 57.5 Å². The van der Waals surface area contributed by atoms with E-state index in [0.717, 1.165) is 42.3 Å². The summed E-state index contributed by atoms with van der Waals surface area (Å²) in [7, 11) is 0. The van der Waals surface area contributed by atoms with E-state index in [0.29, 0.717) is 5.69 Å². The smallest absolute Gasteiger partial charge is 0.271 e. The van der Waals surface area contributed by atoms with Crippen LogP contribution in [0.1, 0.15) is 37.2 Å². The van der Waals surface area contributed by atoms with Crippen molar-refractivity contribution in [3.05, 3.63) is 35.3 Å². The van der Waals surface area contributed by atoms with Gasteiger partial charge in [0.1, 0.15) is 16.5 Å². The highest BCUT2D eigenvalue weighted by Crippen LogP contribution is 2.26. The van der Waals surface area contributed by atoms with Crippen molar-refractivity contribution >= 4 is 17.2 Å². The molecular weight excluding hydrogens is 322 g/mol. The Labute approximate surface area is 146 Å². The zero-order valence-electron chi connectivity index (χ0n) is 14.0. The van der Waals surface area contributed by atoms with E-state index in [1.165, 1.54) is 11.3 Å². The highest BCUT2D eigenvalue weighted by atomic mass is 32.1. The summed E-state index contributed by atoms with van der Waals surface area (Å²) in [6.07, 6.45) is 2.27. The van der Waals surface area contributed by atoms with Gasteiger partial charge in [0.15, 0.2) is 0 Å². The first kappa shape index (κ1) is 16.9. The van der Waals surface area contributed by atoms with Crippen LogP contribution in [0.4, 0.5) is 0 Å². The highest BCUT2D eigenvalue weighted by molar-refractivity contribution is 7.13. The molecule has 6 heteroatoms. The molecule has 1 aromatic heterocycles. The molecule has 0 radical (unpaired) electrons. The summed E-state index contributed by atoms with van der Waals surface area (Å²) in [5.41, 5.74) is 1.48. The zero-order valence-corrected chi connectivity index (χ0v) is 14.9. The summed E-state index contributed by atoms with van der Waals surface area (Å²) in [6.45, 7) is 5.87. The van der Waals surface area contributed by atoms with E-state index in [2.05, 4.69) is 15.6 Å². The summed E-state index contributed by atoms with van der Waals surface area (Å²) >= 11 is 1.48. The summed E-state index contributed by atoms with van der Waals surface area (Å²) in [5.74, 6) is 0.749. The van der Waals surface area contributed by atoms with Crippen LogP contribution in [0.3, 0.4) is 0 Å². The number of hydrogen-bond donors (Lipinski definition) is 2. The quantitative estimate of drug-likeness (QED) is 0.874. The van der Waals surface area contributed by atoms with E-state index < -0.39 is 0 Å². The van der Waals surface area contributed by atoms with Gasteiger partial charge < -0.3 is 15.4 Å². The van der Waals surface area contributed by atoms with E-state index >= 15 is 0 Å². The maximum Gasteiger partial charge on any atom is 0.271 e. The third kappa shape index (κ3) is 4.33. The topological polar surface area (TPSA) is 63.2 Å². The lowest BCUT2D eigenvalue weighted by atomic mass is 10.1. The Hall–Kier alpha value is -1.92. The molecule has 24 heavy (non-hydrogen) atoms. The number of thiazole rings is 1. The molecule has 2 heterocycles. The van der Waals surface area contributed by atoms with Gasteiger partial charge in [-0.1, -0.05) is 0 Å². The average Bonchev–Trinajstić information content (AvgIpc) is 3.06. The van der Waals surface area contributed by atoms with Crippen molar-refractivity contribution in [3.63, 3.8) is 0 Å². The monoisotopic (exact) mass is 345 g/mol. The van der Waals surface area contributed by atoms with Crippen molar-refractivity contribution in [3.8, 4) is 16.3 Å². The van der Waals surface area contributed by atoms with Crippen molar-refractivity contribution in [2.24, 2.45) is 0 Å². The molecule has 1 aliphatic heterocycles. The number of benzene rings is 1. The van der Waals surface area contributed by atoms with E-state index in [1.807, 2.05) is 43.5 Å². The molecule has 0 bridgehead atoms. The van der Waals surface area contributed by atoms with Gasteiger partial charge >= 0.3 is 0 Å². The average molecular weight is 345 g/mol. The van der Waals surface area contributed by atoms with Crippen molar-refractivity contribution in [1.82, 2.24) is 15.6 Å². The number of aromatic nitrogens is 1. The lowest BCUT2D eigenvalue weighted by molar-refractivity contribution is 0.0926. The third-order valence-electron chi connectivity index (χ3n) is 3.84. The molecule has 5 nitrogen and oxygen atoms in total. The van der Waals surface area contributed by atoms with Gasteiger partial charge in [-0.3, -0.25) is 4.79 Å². The third-order valence-corrected chi connectivity index (χ3v) is 4.73. The van der Waals surface area contributed by atoms with Crippen LogP contribution in [-0.2, 0) is 0 Å². The molecule has 2 aromatic rings. The predicted octanol–water partition coefficient (Wildman–Crippen LogP) is 3.08. The van der Waals surface area contributed by atoms with Crippen LogP contribution in [0.25, 0.3) is 10.6 Å². The second kappa shape index (κ2) is 7.77. The summed E-state index contributed by atoms with van der Waals surface area (Å²) in [6, 6.07) is 8.02. The summed E-state index contributed by atoms with van der Waals surface area (Å²) in [4.78, 5) is 16.8. The van der Waals surface area contributed by atoms with Crippen molar-refractivity contribution in [1.29, 1.82) is 0 Å². The van der Waals surface area contributed by atoms with Gasteiger partial charge in [-0.15, -0.1) is 11.3 Å². The maximum absolute atomic E-state index is 12.3. The van der Waals surface area contributed by atoms with Gasteiger partial charge in [0.25, 0.3) is 5.91 Å². The maximum atomic E-state index is 12.3. The fourth-order valence-electron chi connectivity index (χ4n) is 2.69. The number of piperidine rings is 1. The first-order chi connectivity index (χ1) is 11.6. The van der Waals surface area contributed by atoms with Crippen molar-refractivity contribution in [2.45, 2.75) is 38.8 Å². The molecule has 0 saturated carbocycles. The Kier molecular flexibility index (Phi) is 5.48. The summed E-state index contributed by atoms with van der Waals surface area (Å²) in [5, 5.41) is 9.01. The van der Waals surface area contributed by atoms with E-state index in [-0.39, 0.29) is 18.1 Å². The fourth-order valence-corrected chi connectivity index (χ4v) is 3.50. The van der Waals surface area contributed by atoms with E-state index in [4.69, 9.17) is 4.74 Å². The minimum absolute atomic E-state index is 0.0917. The van der Waals surface area contributed by atoms with Gasteiger partial charge in [-0.2, -0.15) is 0 Å². The molecule has 1 atom stereocenters. The molecule has 1 aliphatic rings. The molecule has 0 aliphatic carbocycles. The predicted molar refractivity (Wildman–Crippen MR) is 96.7 cm³/mol. The zero-order chi connectivity index (χ0) is 16.9. The lowest BCUT2D eigenvalue weighted by Gasteiger charge is -2.23. The molecule has 3 rings (SSSR count). The number of carbonyl (C=O) groups is 1. The van der Waals surface area contributed by atoms with Crippen LogP contribution in [-0.4, -0.2) is 36.1 Å². The van der Waals surface area contributed by atoms with Crippen LogP contribution < -0.4 is 15.4 Å². The number of amides is 1. The molecule has 1 fully saturated rings. The molecule has 128 valence electrons. The normalized spacial score (nSPS) is 17.7. The van der Waals surface area contributed by atoms with Gasteiger partial charge in [0.2, 0.25) is 0 Å². The molecule has 1 unspecified atom stereocenters. The first-order valence-electron chi connectivity index (χ1n) is 8.36. The van der Waals surface area contributed by atoms with E-state index in [9.17, 15) is 4.79 Å². The lowest BCUT2D eigenvalue weighted by Crippen LogP contribution is -2.45. The minimum Gasteiger partial charge on any atom is -0.491 e. The number of carbonyl (C=O) groups excluding carboxylic acids is 1. The Morgan fingerprint density at radius 1 is 1.38 bits per heavy atom. The molecule has 1 amide bonds. The summed E-state index contributed by atoms with van der Waals surface area (Å²) < 4.78 is 5.65. The van der Waals surface area contributed by atoms with Crippen LogP contribution in [0.5, 0.6) is 5.75 Å². The molecule has 2 N–H and O–H groups in total. The Morgan fingerprint density at radius 2 is 2.17 bits per heavy atom. The van der Waals surface area contributed by atoms with Gasteiger partial charge in [-0.25, -0.2) is 4.98 Å². The fraction of sp³-hybridized carbons (Fsp3) is 0.444. The van der Waals surface area contributed by atoms with E-state index in [1.54, 1.807) is 0 Å². The Morgan fingerprint density at radius 3 is 2.83 bits per heavy atom. The largest absolute Gasteiger partial charge is 0.491 e. The van der Waals surface area contributed by atoms with Crippen LogP contribution >= 0.6 is 11.3 Å². The number of nitrogens with zero attached hydrogens (tertiary/aromatic N) is 1. The molecule has 0 spiro atoms. The standard InChI is InChI=1S/C18H23N3O2S/c1-12(2)23-15-7-5-13(6-8-15)18-21-16(11-24-18)17(22)20-14-4-3-9-19-10-14/h5-8,11-12,14,19H,3-4,9-10H2,1-2H3,(H,20,22). The molecule has 1 saturated heterocycles. The minimum atomic E-state index is -0.0917. The van der Waals surface area contributed by atoms with Crippen LogP contribution in [0.15, 0.2) is 29.6 Å². The second-order valence-corrected chi connectivity index (χ2v) is 7.10. The SMILES string of the molecule is CC(C)Oc1ccc(-c2nc(C(=O)NC3CCCNC3)cs2)cc1. The molecule has 1 aromatic carbocycles. The van der Waals surface area contributed by atoms with Crippen molar-refractivity contribution < 1.29 is 9.53 Å². The van der Waals surface area contributed by atoms with Gasteiger partial charge in [0.05, 0.1) is 6.10 Å². The number of hydrogen-bond acceptors (Lipinski definition) is 5. The van der Waals surface area contributed by atoms with Crippen LogP contribution in [0.2, 0.25) is 0 Å². The number of nitrogens with one attached hydrogen (secondary N) is 2. The van der Waals surface area contributed by atoms with Crippen molar-refractivity contribution in [2.75, 3.05) is 13.1 Å². The highest BCUT2D eigenvalue weighted by Gasteiger charge is 2.18. The van der Waals surface area contributed by atoms with Crippen LogP contribution in [0, 0.1) is 0 Å². The Bertz CT molecular complexity index is 676. The van der Waals surface area contributed by atoms with Gasteiger partial charge in [0, 0.05) is 23.5 Å². The molecular formula is C18H23N3O2S.